The summed E-state index contributed by atoms with van der Waals surface area (Å²) in [5.41, 5.74) is 30.7. The standard InChI is InChI=1S/C67H85N9O3/c1-43-55(52-16-4-7-19-58(52)71-43)40-64(77)61(22-10-13-37-68)74-49-31-25-46(26-32-49)67(47-27-33-50(34-28-47)75-62(23-11-14-38-69)65(78)41-56-44(2)72-59-20-8-5-17-53(56)59)48-29-35-51(36-30-48)76-63(24-12-15-39-70)66(79)42-57-45(3)73-60-21-9-6-18-54(57)60/h4-9,16-21,25-36,43-45,55-57,61-63,67,71-76H,10-15,22-24,37-42,68-70H2,1-3H3/t43?,44?,45?,55?,56?,57?,61-,62-,63-,67?/m0/s1. The summed E-state index contributed by atoms with van der Waals surface area (Å²) in [7, 11) is 0. The van der Waals surface area contributed by atoms with Crippen molar-refractivity contribution in [1.29, 1.82) is 0 Å². The van der Waals surface area contributed by atoms with Crippen molar-refractivity contribution in [2.24, 2.45) is 17.2 Å². The summed E-state index contributed by atoms with van der Waals surface area (Å²) in [6.07, 6.45) is 8.58. The number of Topliss-reactive ketones (excluding diaryl/α,β-unsaturated/α-hetero) is 3. The van der Waals surface area contributed by atoms with Gasteiger partial charge in [0.15, 0.2) is 17.3 Å². The van der Waals surface area contributed by atoms with E-state index in [9.17, 15) is 14.4 Å². The smallest absolute Gasteiger partial charge is 0.155 e. The number of nitrogens with two attached hydrogens (primary N) is 3. The second kappa shape index (κ2) is 27.3. The highest BCUT2D eigenvalue weighted by molar-refractivity contribution is 5.90. The molecule has 0 aromatic heterocycles. The van der Waals surface area contributed by atoms with E-state index in [0.29, 0.717) is 58.2 Å². The van der Waals surface area contributed by atoms with Crippen LogP contribution in [0.15, 0.2) is 146 Å². The van der Waals surface area contributed by atoms with Crippen LogP contribution in [0, 0.1) is 0 Å². The molecule has 79 heavy (non-hydrogen) atoms. The molecule has 0 bridgehead atoms. The quantitative estimate of drug-likeness (QED) is 0.0153. The zero-order valence-electron chi connectivity index (χ0n) is 46.7. The van der Waals surface area contributed by atoms with Gasteiger partial charge >= 0.3 is 0 Å². The minimum atomic E-state index is -0.353. The zero-order chi connectivity index (χ0) is 55.3. The lowest BCUT2D eigenvalue weighted by molar-refractivity contribution is -0.121. The van der Waals surface area contributed by atoms with Crippen molar-refractivity contribution in [2.45, 2.75) is 158 Å². The molecule has 0 amide bonds. The van der Waals surface area contributed by atoms with E-state index < -0.39 is 0 Å². The highest BCUT2D eigenvalue weighted by Crippen LogP contribution is 2.42. The van der Waals surface area contributed by atoms with Gasteiger partial charge in [-0.1, -0.05) is 91.0 Å². The number of hydrogen-bond acceptors (Lipinski definition) is 12. The number of para-hydroxylation sites is 3. The maximum atomic E-state index is 14.3. The van der Waals surface area contributed by atoms with E-state index in [1.54, 1.807) is 0 Å². The fourth-order valence-corrected chi connectivity index (χ4v) is 12.6. The molecule has 0 fully saturated rings. The molecule has 12 heteroatoms. The van der Waals surface area contributed by atoms with Crippen LogP contribution in [0.2, 0.25) is 0 Å². The number of nitrogens with one attached hydrogen (secondary N) is 6. The number of rotatable bonds is 30. The molecule has 0 saturated carbocycles. The van der Waals surface area contributed by atoms with Crippen LogP contribution in [0.4, 0.5) is 34.1 Å². The van der Waals surface area contributed by atoms with E-state index >= 15 is 0 Å². The van der Waals surface area contributed by atoms with Gasteiger partial charge in [0.2, 0.25) is 0 Å². The highest BCUT2D eigenvalue weighted by atomic mass is 16.1. The first-order valence-corrected chi connectivity index (χ1v) is 29.4. The summed E-state index contributed by atoms with van der Waals surface area (Å²) in [5.74, 6) is 0.760. The van der Waals surface area contributed by atoms with Crippen molar-refractivity contribution in [3.63, 3.8) is 0 Å². The summed E-state index contributed by atoms with van der Waals surface area (Å²) < 4.78 is 0. The minimum absolute atomic E-state index is 0.104. The molecule has 0 spiro atoms. The van der Waals surface area contributed by atoms with Gasteiger partial charge in [0.05, 0.1) is 18.1 Å². The van der Waals surface area contributed by atoms with Gasteiger partial charge in [-0.2, -0.15) is 0 Å². The molecular weight excluding hydrogens is 979 g/mol. The molecule has 6 aromatic carbocycles. The van der Waals surface area contributed by atoms with E-state index in [-0.39, 0.29) is 77.3 Å². The second-order valence-electron chi connectivity index (χ2n) is 22.6. The molecule has 3 aliphatic rings. The van der Waals surface area contributed by atoms with Crippen LogP contribution in [-0.2, 0) is 14.4 Å². The summed E-state index contributed by atoms with van der Waals surface area (Å²) >= 11 is 0. The molecule has 9 rings (SSSR count). The van der Waals surface area contributed by atoms with Gasteiger partial charge in [-0.15, -0.1) is 0 Å². The molecular formula is C67H85N9O3. The van der Waals surface area contributed by atoms with Crippen LogP contribution in [-0.4, -0.2) is 73.2 Å². The van der Waals surface area contributed by atoms with Gasteiger partial charge in [0.25, 0.3) is 0 Å². The molecule has 12 N–H and O–H groups in total. The van der Waals surface area contributed by atoms with Crippen molar-refractivity contribution in [1.82, 2.24) is 0 Å². The first-order chi connectivity index (χ1) is 38.5. The molecule has 6 aromatic rings. The first-order valence-electron chi connectivity index (χ1n) is 29.4. The monoisotopic (exact) mass is 1060 g/mol. The lowest BCUT2D eigenvalue weighted by Crippen LogP contribution is -2.32. The van der Waals surface area contributed by atoms with Crippen LogP contribution >= 0.6 is 0 Å². The van der Waals surface area contributed by atoms with Crippen LogP contribution in [0.3, 0.4) is 0 Å². The number of carbonyl (C=O) groups is 3. The third kappa shape index (κ3) is 14.1. The molecule has 0 radical (unpaired) electrons. The van der Waals surface area contributed by atoms with Crippen molar-refractivity contribution < 1.29 is 14.4 Å². The Labute approximate surface area is 469 Å². The number of anilines is 6. The largest absolute Gasteiger partial charge is 0.382 e. The number of unbranched alkanes of at least 4 members (excludes halogenated alkanes) is 3. The third-order valence-electron chi connectivity index (χ3n) is 17.1. The van der Waals surface area contributed by atoms with E-state index in [1.165, 1.54) is 16.7 Å². The molecule has 0 saturated heterocycles. The Morgan fingerprint density at radius 3 is 0.924 bits per heavy atom. The Balaban J connectivity index is 0.966. The molecule has 3 heterocycles. The molecule has 12 nitrogen and oxygen atoms in total. The lowest BCUT2D eigenvalue weighted by atomic mass is 9.84. The number of hydrogen-bond donors (Lipinski definition) is 9. The summed E-state index contributed by atoms with van der Waals surface area (Å²) in [5, 5.41) is 21.7. The Hall–Kier alpha value is -6.99. The first kappa shape index (κ1) is 56.7. The normalized spacial score (nSPS) is 20.3. The maximum absolute atomic E-state index is 14.3. The van der Waals surface area contributed by atoms with E-state index in [4.69, 9.17) is 17.2 Å². The molecule has 416 valence electrons. The predicted octanol–water partition coefficient (Wildman–Crippen LogP) is 12.3. The third-order valence-corrected chi connectivity index (χ3v) is 17.1. The van der Waals surface area contributed by atoms with Crippen molar-refractivity contribution in [3.8, 4) is 0 Å². The van der Waals surface area contributed by atoms with Gasteiger partial charge in [0.1, 0.15) is 0 Å². The Morgan fingerprint density at radius 2 is 0.658 bits per heavy atom. The summed E-state index contributed by atoms with van der Waals surface area (Å²) in [4.78, 5) is 42.8. The van der Waals surface area contributed by atoms with Gasteiger partial charge in [-0.25, -0.2) is 0 Å². The topological polar surface area (TPSA) is 201 Å². The van der Waals surface area contributed by atoms with E-state index in [1.807, 2.05) is 18.2 Å². The summed E-state index contributed by atoms with van der Waals surface area (Å²) in [6.45, 7) is 8.24. The minimum Gasteiger partial charge on any atom is -0.382 e. The van der Waals surface area contributed by atoms with Crippen LogP contribution in [0.1, 0.15) is 155 Å². The van der Waals surface area contributed by atoms with Gasteiger partial charge < -0.3 is 49.1 Å². The Kier molecular flexibility index (Phi) is 19.6. The fourth-order valence-electron chi connectivity index (χ4n) is 12.6. The van der Waals surface area contributed by atoms with E-state index in [0.717, 1.165) is 89.3 Å². The average Bonchev–Trinajstić information content (AvgIpc) is 4.19. The second-order valence-corrected chi connectivity index (χ2v) is 22.6. The zero-order valence-corrected chi connectivity index (χ0v) is 46.7. The fraction of sp³-hybridized carbons (Fsp3) is 0.418. The average molecular weight is 1060 g/mol. The molecule has 6 unspecified atom stereocenters. The highest BCUT2D eigenvalue weighted by Gasteiger charge is 2.35. The van der Waals surface area contributed by atoms with Gasteiger partial charge in [-0.3, -0.25) is 14.4 Å². The van der Waals surface area contributed by atoms with Crippen LogP contribution in [0.25, 0.3) is 0 Å². The Morgan fingerprint density at radius 1 is 0.392 bits per heavy atom. The van der Waals surface area contributed by atoms with Crippen molar-refractivity contribution >= 4 is 51.5 Å². The lowest BCUT2D eigenvalue weighted by Gasteiger charge is -2.25. The van der Waals surface area contributed by atoms with Crippen LogP contribution < -0.4 is 49.1 Å². The molecule has 3 aliphatic heterocycles. The Bertz CT molecular complexity index is 2630. The van der Waals surface area contributed by atoms with Crippen molar-refractivity contribution in [2.75, 3.05) is 51.5 Å². The predicted molar refractivity (Wildman–Crippen MR) is 327 cm³/mol. The molecule has 0 aliphatic carbocycles. The number of ketones is 3. The SMILES string of the molecule is CC1Nc2ccccc2C1CC(=O)[C@H](CCCCN)Nc1ccc(C(c2ccc(N[C@@H](CCCCN)C(=O)CC3c4ccccc4NC3C)cc2)c2ccc(N[C@@H](CCCCN)C(=O)CC3c4ccccc4NC3C)cc2)cc1. The molecule has 9 atom stereocenters. The summed E-state index contributed by atoms with van der Waals surface area (Å²) in [6, 6.07) is 50.0. The van der Waals surface area contributed by atoms with Gasteiger partial charge in [0, 0.05) is 95.2 Å². The maximum Gasteiger partial charge on any atom is 0.155 e. The number of carbonyl (C=O) groups excluding carboxylic acids is 3. The van der Waals surface area contributed by atoms with Crippen molar-refractivity contribution in [3.05, 3.63) is 179 Å². The van der Waals surface area contributed by atoms with Crippen LogP contribution in [0.5, 0.6) is 0 Å². The van der Waals surface area contributed by atoms with E-state index in [2.05, 4.69) is 180 Å². The van der Waals surface area contributed by atoms with Gasteiger partial charge in [-0.05, 0) is 186 Å². The number of benzene rings is 6. The number of fused-ring (bicyclic) bond motifs is 3.